The number of non-ortho nitro benzene ring substituents is 1. The second kappa shape index (κ2) is 7.07. The van der Waals surface area contributed by atoms with Crippen LogP contribution in [-0.2, 0) is 4.79 Å². The first-order chi connectivity index (χ1) is 10.1. The molecule has 0 atom stereocenters. The number of nitro groups is 1. The van der Waals surface area contributed by atoms with Gasteiger partial charge in [0.25, 0.3) is 11.6 Å². The standard InChI is InChI=1S/C11H9ClF3N3O4/c12-8-2-1-6(18(21)22)3-7(8)10(20)16-4-9(19)17-5-11(13,14)15/h1-3H,4-5H2,(H,16,20)(H,17,19). The molecule has 0 heterocycles. The maximum atomic E-state index is 11.9. The van der Waals surface area contributed by atoms with Crippen LogP contribution in [-0.4, -0.2) is 36.0 Å². The number of nitro benzene ring substituents is 1. The molecule has 0 radical (unpaired) electrons. The zero-order valence-corrected chi connectivity index (χ0v) is 11.5. The highest BCUT2D eigenvalue weighted by Crippen LogP contribution is 2.21. The summed E-state index contributed by atoms with van der Waals surface area (Å²) in [6, 6.07) is 3.10. The van der Waals surface area contributed by atoms with Gasteiger partial charge in [-0.05, 0) is 6.07 Å². The number of rotatable bonds is 5. The first-order valence-corrected chi connectivity index (χ1v) is 6.03. The molecule has 0 spiro atoms. The molecule has 0 bridgehead atoms. The van der Waals surface area contributed by atoms with E-state index < -0.39 is 41.7 Å². The normalized spacial score (nSPS) is 10.9. The molecule has 0 fully saturated rings. The van der Waals surface area contributed by atoms with Crippen LogP contribution in [0, 0.1) is 10.1 Å². The maximum absolute atomic E-state index is 11.9. The molecule has 7 nitrogen and oxygen atoms in total. The van der Waals surface area contributed by atoms with Crippen molar-refractivity contribution in [2.45, 2.75) is 6.18 Å². The molecule has 0 aliphatic rings. The van der Waals surface area contributed by atoms with E-state index in [2.05, 4.69) is 0 Å². The zero-order chi connectivity index (χ0) is 16.9. The number of hydrogen-bond acceptors (Lipinski definition) is 4. The largest absolute Gasteiger partial charge is 0.405 e. The smallest absolute Gasteiger partial charge is 0.345 e. The van der Waals surface area contributed by atoms with E-state index in [1.807, 2.05) is 5.32 Å². The van der Waals surface area contributed by atoms with Gasteiger partial charge in [-0.1, -0.05) is 11.6 Å². The van der Waals surface area contributed by atoms with Crippen LogP contribution in [0.2, 0.25) is 5.02 Å². The lowest BCUT2D eigenvalue weighted by Crippen LogP contribution is -2.40. The lowest BCUT2D eigenvalue weighted by Gasteiger charge is -2.09. The van der Waals surface area contributed by atoms with Crippen molar-refractivity contribution in [2.75, 3.05) is 13.1 Å². The summed E-state index contributed by atoms with van der Waals surface area (Å²) in [7, 11) is 0. The Hall–Kier alpha value is -2.36. The molecule has 0 aromatic heterocycles. The van der Waals surface area contributed by atoms with Crippen molar-refractivity contribution in [1.29, 1.82) is 0 Å². The first kappa shape index (κ1) is 17.7. The van der Waals surface area contributed by atoms with Crippen LogP contribution < -0.4 is 10.6 Å². The summed E-state index contributed by atoms with van der Waals surface area (Å²) in [6.07, 6.45) is -4.57. The van der Waals surface area contributed by atoms with Crippen molar-refractivity contribution in [1.82, 2.24) is 10.6 Å². The van der Waals surface area contributed by atoms with Crippen molar-refractivity contribution in [3.05, 3.63) is 38.9 Å². The lowest BCUT2D eigenvalue weighted by molar-refractivity contribution is -0.384. The van der Waals surface area contributed by atoms with Gasteiger partial charge >= 0.3 is 6.18 Å². The Morgan fingerprint density at radius 3 is 2.45 bits per heavy atom. The molecule has 1 aromatic carbocycles. The highest BCUT2D eigenvalue weighted by molar-refractivity contribution is 6.34. The number of nitrogens with zero attached hydrogens (tertiary/aromatic N) is 1. The van der Waals surface area contributed by atoms with E-state index in [0.717, 1.165) is 18.2 Å². The first-order valence-electron chi connectivity index (χ1n) is 5.66. The summed E-state index contributed by atoms with van der Waals surface area (Å²) >= 11 is 5.70. The maximum Gasteiger partial charge on any atom is 0.405 e. The van der Waals surface area contributed by atoms with E-state index in [4.69, 9.17) is 11.6 Å². The SMILES string of the molecule is O=C(CNC(=O)c1cc([N+](=O)[O-])ccc1Cl)NCC(F)(F)F. The summed E-state index contributed by atoms with van der Waals surface area (Å²) in [4.78, 5) is 32.7. The molecule has 0 saturated carbocycles. The number of carbonyl (C=O) groups is 2. The van der Waals surface area contributed by atoms with Crippen LogP contribution in [0.4, 0.5) is 18.9 Å². The van der Waals surface area contributed by atoms with Crippen molar-refractivity contribution in [3.8, 4) is 0 Å². The molecule has 11 heteroatoms. The topological polar surface area (TPSA) is 101 Å². The number of hydrogen-bond donors (Lipinski definition) is 2. The minimum atomic E-state index is -4.57. The highest BCUT2D eigenvalue weighted by atomic mass is 35.5. The molecule has 2 N–H and O–H groups in total. The molecule has 1 rings (SSSR count). The average molecular weight is 340 g/mol. The minimum Gasteiger partial charge on any atom is -0.345 e. The molecule has 2 amide bonds. The predicted molar refractivity (Wildman–Crippen MR) is 69.5 cm³/mol. The third kappa shape index (κ3) is 5.56. The molecule has 0 aliphatic heterocycles. The van der Waals surface area contributed by atoms with Crippen LogP contribution in [0.3, 0.4) is 0 Å². The predicted octanol–water partition coefficient (Wildman–Crippen LogP) is 1.66. The van der Waals surface area contributed by atoms with Gasteiger partial charge in [-0.3, -0.25) is 19.7 Å². The Balaban J connectivity index is 2.64. The van der Waals surface area contributed by atoms with Gasteiger partial charge in [0.2, 0.25) is 5.91 Å². The van der Waals surface area contributed by atoms with E-state index in [0.29, 0.717) is 0 Å². The Morgan fingerprint density at radius 2 is 1.91 bits per heavy atom. The van der Waals surface area contributed by atoms with E-state index in [9.17, 15) is 32.9 Å². The molecule has 22 heavy (non-hydrogen) atoms. The second-order valence-electron chi connectivity index (χ2n) is 4.00. The molecule has 0 saturated heterocycles. The van der Waals surface area contributed by atoms with Gasteiger partial charge in [-0.15, -0.1) is 0 Å². The number of halogens is 4. The fourth-order valence-electron chi connectivity index (χ4n) is 1.32. The van der Waals surface area contributed by atoms with Crippen LogP contribution in [0.25, 0.3) is 0 Å². The summed E-state index contributed by atoms with van der Waals surface area (Å²) in [5.74, 6) is -1.98. The third-order valence-corrected chi connectivity index (χ3v) is 2.63. The van der Waals surface area contributed by atoms with Gasteiger partial charge in [0.1, 0.15) is 6.54 Å². The monoisotopic (exact) mass is 339 g/mol. The molecular formula is C11H9ClF3N3O4. The summed E-state index contributed by atoms with van der Waals surface area (Å²) in [5.41, 5.74) is -0.657. The Bertz CT molecular complexity index is 607. The van der Waals surface area contributed by atoms with E-state index in [-0.39, 0.29) is 10.6 Å². The Labute approximate surface area is 126 Å². The lowest BCUT2D eigenvalue weighted by atomic mass is 10.2. The van der Waals surface area contributed by atoms with Crippen LogP contribution in [0.1, 0.15) is 10.4 Å². The van der Waals surface area contributed by atoms with Crippen LogP contribution in [0.15, 0.2) is 18.2 Å². The number of alkyl halides is 3. The quantitative estimate of drug-likeness (QED) is 0.629. The number of amides is 2. The average Bonchev–Trinajstić information content (AvgIpc) is 2.42. The molecular weight excluding hydrogens is 331 g/mol. The molecule has 0 unspecified atom stereocenters. The number of nitrogens with one attached hydrogen (secondary N) is 2. The van der Waals surface area contributed by atoms with Crippen molar-refractivity contribution >= 4 is 29.1 Å². The van der Waals surface area contributed by atoms with Gasteiger partial charge in [0.15, 0.2) is 0 Å². The number of carbonyl (C=O) groups excluding carboxylic acids is 2. The van der Waals surface area contributed by atoms with Gasteiger partial charge in [-0.25, -0.2) is 0 Å². The fourth-order valence-corrected chi connectivity index (χ4v) is 1.52. The molecule has 120 valence electrons. The minimum absolute atomic E-state index is 0.0983. The molecule has 0 aliphatic carbocycles. The van der Waals surface area contributed by atoms with Crippen molar-refractivity contribution < 1.29 is 27.7 Å². The van der Waals surface area contributed by atoms with E-state index >= 15 is 0 Å². The van der Waals surface area contributed by atoms with Gasteiger partial charge in [0, 0.05) is 12.1 Å². The fraction of sp³-hybridized carbons (Fsp3) is 0.273. The van der Waals surface area contributed by atoms with Gasteiger partial charge in [0.05, 0.1) is 22.1 Å². The van der Waals surface area contributed by atoms with Crippen molar-refractivity contribution in [3.63, 3.8) is 0 Å². The van der Waals surface area contributed by atoms with Gasteiger partial charge < -0.3 is 10.6 Å². The van der Waals surface area contributed by atoms with Crippen LogP contribution in [0.5, 0.6) is 0 Å². The van der Waals surface area contributed by atoms with Crippen LogP contribution >= 0.6 is 11.6 Å². The summed E-state index contributed by atoms with van der Waals surface area (Å²) in [5, 5.41) is 14.1. The summed E-state index contributed by atoms with van der Waals surface area (Å²) in [6.45, 7) is -2.26. The third-order valence-electron chi connectivity index (χ3n) is 2.30. The second-order valence-corrected chi connectivity index (χ2v) is 4.40. The van der Waals surface area contributed by atoms with Crippen molar-refractivity contribution in [2.24, 2.45) is 0 Å². The van der Waals surface area contributed by atoms with E-state index in [1.54, 1.807) is 5.32 Å². The Kier molecular flexibility index (Phi) is 5.69. The van der Waals surface area contributed by atoms with Gasteiger partial charge in [-0.2, -0.15) is 13.2 Å². The molecule has 1 aromatic rings. The summed E-state index contributed by atoms with van der Waals surface area (Å²) < 4.78 is 35.6. The number of benzene rings is 1. The zero-order valence-electron chi connectivity index (χ0n) is 10.7. The highest BCUT2D eigenvalue weighted by Gasteiger charge is 2.27. The Morgan fingerprint density at radius 1 is 1.27 bits per heavy atom. The van der Waals surface area contributed by atoms with E-state index in [1.165, 1.54) is 0 Å².